The lowest BCUT2D eigenvalue weighted by molar-refractivity contribution is 1.00. The summed E-state index contributed by atoms with van der Waals surface area (Å²) in [4.78, 5) is 25.6. The van der Waals surface area contributed by atoms with E-state index in [1.54, 1.807) is 24.9 Å². The monoisotopic (exact) mass is 393 g/mol. The summed E-state index contributed by atoms with van der Waals surface area (Å²) in [7, 11) is 0. The largest absolute Gasteiger partial charge is 0.336 e. The molecule has 6 aromatic heterocycles. The summed E-state index contributed by atoms with van der Waals surface area (Å²) in [5, 5.41) is 8.35. The summed E-state index contributed by atoms with van der Waals surface area (Å²) in [6, 6.07) is 7.86. The van der Waals surface area contributed by atoms with Crippen LogP contribution in [0.3, 0.4) is 0 Å². The number of H-pyrrole nitrogens is 2. The molecule has 6 heterocycles. The zero-order valence-electron chi connectivity index (χ0n) is 15.9. The van der Waals surface area contributed by atoms with Crippen molar-refractivity contribution in [3.8, 4) is 28.5 Å². The van der Waals surface area contributed by atoms with E-state index in [1.165, 1.54) is 0 Å². The van der Waals surface area contributed by atoms with Crippen LogP contribution in [0.15, 0.2) is 61.6 Å². The predicted octanol–water partition coefficient (Wildman–Crippen LogP) is 3.45. The summed E-state index contributed by atoms with van der Waals surface area (Å²) < 4.78 is 1.87. The fourth-order valence-corrected chi connectivity index (χ4v) is 3.55. The molecule has 0 aliphatic rings. The number of aryl methyl sites for hydroxylation is 1. The van der Waals surface area contributed by atoms with E-state index >= 15 is 0 Å². The molecule has 6 rings (SSSR count). The Morgan fingerprint density at radius 3 is 2.70 bits per heavy atom. The van der Waals surface area contributed by atoms with Crippen LogP contribution in [0.1, 0.15) is 5.69 Å². The van der Waals surface area contributed by atoms with Gasteiger partial charge in [-0.05, 0) is 36.8 Å². The van der Waals surface area contributed by atoms with Gasteiger partial charge in [-0.15, -0.1) is 0 Å². The minimum absolute atomic E-state index is 0.649. The molecule has 30 heavy (non-hydrogen) atoms. The Kier molecular flexibility index (Phi) is 3.48. The molecule has 0 aliphatic carbocycles. The molecule has 0 bridgehead atoms. The second-order valence-corrected chi connectivity index (χ2v) is 6.97. The zero-order chi connectivity index (χ0) is 20.1. The minimum atomic E-state index is 0.649. The van der Waals surface area contributed by atoms with Crippen LogP contribution in [-0.2, 0) is 0 Å². The van der Waals surface area contributed by atoms with E-state index < -0.39 is 0 Å². The number of hydrogen-bond acceptors (Lipinski definition) is 6. The van der Waals surface area contributed by atoms with Gasteiger partial charge in [0.05, 0.1) is 16.6 Å². The van der Waals surface area contributed by atoms with Crippen LogP contribution >= 0.6 is 0 Å². The summed E-state index contributed by atoms with van der Waals surface area (Å²) in [5.41, 5.74) is 5.97. The number of pyridine rings is 3. The minimum Gasteiger partial charge on any atom is -0.336 e. The van der Waals surface area contributed by atoms with Crippen LogP contribution in [0, 0.1) is 6.92 Å². The maximum Gasteiger partial charge on any atom is 0.166 e. The van der Waals surface area contributed by atoms with Crippen molar-refractivity contribution >= 4 is 22.1 Å². The standard InChI is InChI=1S/C21H15N9/c1-12-10-30(11-25-12)21-18-16(4-7-23-21)26-20(27-18)17-15-8-14(9-24-19(15)29-28-17)13-2-5-22-6-3-13/h2-11H,1H3,(H,26,27)(H,24,28,29). The van der Waals surface area contributed by atoms with Crippen molar-refractivity contribution in [1.29, 1.82) is 0 Å². The molecule has 9 nitrogen and oxygen atoms in total. The van der Waals surface area contributed by atoms with E-state index in [1.807, 2.05) is 42.1 Å². The fraction of sp³-hybridized carbons (Fsp3) is 0.0476. The van der Waals surface area contributed by atoms with Crippen LogP contribution in [-0.4, -0.2) is 44.7 Å². The van der Waals surface area contributed by atoms with Crippen LogP contribution in [0.2, 0.25) is 0 Å². The van der Waals surface area contributed by atoms with Crippen LogP contribution in [0.25, 0.3) is 50.5 Å². The predicted molar refractivity (Wildman–Crippen MR) is 112 cm³/mol. The number of nitrogens with zero attached hydrogens (tertiary/aromatic N) is 7. The first-order chi connectivity index (χ1) is 14.8. The number of fused-ring (bicyclic) bond motifs is 2. The maximum absolute atomic E-state index is 4.81. The molecular formula is C21H15N9. The molecule has 144 valence electrons. The van der Waals surface area contributed by atoms with Crippen molar-refractivity contribution in [3.63, 3.8) is 0 Å². The van der Waals surface area contributed by atoms with Crippen molar-refractivity contribution in [2.45, 2.75) is 6.92 Å². The highest BCUT2D eigenvalue weighted by Crippen LogP contribution is 2.29. The van der Waals surface area contributed by atoms with E-state index in [-0.39, 0.29) is 0 Å². The van der Waals surface area contributed by atoms with Gasteiger partial charge >= 0.3 is 0 Å². The average Bonchev–Trinajstić information content (AvgIpc) is 3.51. The summed E-state index contributed by atoms with van der Waals surface area (Å²) in [6.45, 7) is 1.94. The van der Waals surface area contributed by atoms with Crippen molar-refractivity contribution in [2.24, 2.45) is 0 Å². The molecule has 0 spiro atoms. The van der Waals surface area contributed by atoms with Crippen molar-refractivity contribution in [3.05, 3.63) is 67.3 Å². The normalized spacial score (nSPS) is 11.5. The molecule has 0 atom stereocenters. The molecule has 9 heteroatoms. The third kappa shape index (κ3) is 2.56. The Hall–Kier alpha value is -4.40. The third-order valence-electron chi connectivity index (χ3n) is 4.99. The molecule has 6 aromatic rings. The highest BCUT2D eigenvalue weighted by atomic mass is 15.2. The topological polar surface area (TPSA) is 114 Å². The molecule has 0 aromatic carbocycles. The van der Waals surface area contributed by atoms with Gasteiger partial charge < -0.3 is 4.98 Å². The molecule has 0 amide bonds. The van der Waals surface area contributed by atoms with E-state index in [9.17, 15) is 0 Å². The smallest absolute Gasteiger partial charge is 0.166 e. The number of rotatable bonds is 3. The van der Waals surface area contributed by atoms with E-state index in [0.29, 0.717) is 23.0 Å². The van der Waals surface area contributed by atoms with Gasteiger partial charge in [0.15, 0.2) is 17.3 Å². The molecule has 0 unspecified atom stereocenters. The molecular weight excluding hydrogens is 378 g/mol. The lowest BCUT2D eigenvalue weighted by Gasteiger charge is -2.01. The van der Waals surface area contributed by atoms with E-state index in [0.717, 1.165) is 33.2 Å². The van der Waals surface area contributed by atoms with Crippen LogP contribution in [0.5, 0.6) is 0 Å². The summed E-state index contributed by atoms with van der Waals surface area (Å²) in [6.07, 6.45) is 10.8. The number of aromatic amines is 2. The van der Waals surface area contributed by atoms with Crippen LogP contribution < -0.4 is 0 Å². The number of hydrogen-bond donors (Lipinski definition) is 2. The van der Waals surface area contributed by atoms with Crippen molar-refractivity contribution < 1.29 is 0 Å². The number of aromatic nitrogens is 9. The maximum atomic E-state index is 4.81. The van der Waals surface area contributed by atoms with Gasteiger partial charge in [-0.2, -0.15) is 5.10 Å². The van der Waals surface area contributed by atoms with Gasteiger partial charge in [0.1, 0.15) is 17.5 Å². The second-order valence-electron chi connectivity index (χ2n) is 6.97. The lowest BCUT2D eigenvalue weighted by Crippen LogP contribution is -1.95. The Labute approximate surface area is 169 Å². The number of imidazole rings is 2. The molecule has 0 fully saturated rings. The Morgan fingerprint density at radius 2 is 1.87 bits per heavy atom. The van der Waals surface area contributed by atoms with Gasteiger partial charge in [-0.1, -0.05) is 0 Å². The Bertz CT molecular complexity index is 1510. The quantitative estimate of drug-likeness (QED) is 0.476. The highest BCUT2D eigenvalue weighted by Gasteiger charge is 2.17. The van der Waals surface area contributed by atoms with Gasteiger partial charge in [-0.3, -0.25) is 14.6 Å². The lowest BCUT2D eigenvalue weighted by atomic mass is 10.1. The summed E-state index contributed by atoms with van der Waals surface area (Å²) >= 11 is 0. The Morgan fingerprint density at radius 1 is 0.967 bits per heavy atom. The Balaban J connectivity index is 1.52. The van der Waals surface area contributed by atoms with Gasteiger partial charge in [0.2, 0.25) is 0 Å². The molecule has 0 aliphatic heterocycles. The molecule has 0 saturated heterocycles. The van der Waals surface area contributed by atoms with Gasteiger partial charge in [0.25, 0.3) is 0 Å². The number of nitrogens with one attached hydrogen (secondary N) is 2. The molecule has 0 radical (unpaired) electrons. The first-order valence-electron chi connectivity index (χ1n) is 9.37. The molecule has 2 N–H and O–H groups in total. The highest BCUT2D eigenvalue weighted by molar-refractivity contribution is 5.94. The van der Waals surface area contributed by atoms with E-state index in [2.05, 4.69) is 41.2 Å². The van der Waals surface area contributed by atoms with Crippen molar-refractivity contribution in [1.82, 2.24) is 44.7 Å². The first kappa shape index (κ1) is 16.5. The van der Waals surface area contributed by atoms with Gasteiger partial charge in [-0.25, -0.2) is 19.9 Å². The second kappa shape index (κ2) is 6.31. The average molecular weight is 393 g/mol. The van der Waals surface area contributed by atoms with Gasteiger partial charge in [0, 0.05) is 36.5 Å². The SMILES string of the molecule is Cc1cn(-c2nccc3[nH]c(-c4n[nH]c5ncc(-c6ccncc6)cc45)nc23)cn1. The van der Waals surface area contributed by atoms with Crippen LogP contribution in [0.4, 0.5) is 0 Å². The van der Waals surface area contributed by atoms with E-state index in [4.69, 9.17) is 4.98 Å². The summed E-state index contributed by atoms with van der Waals surface area (Å²) in [5.74, 6) is 1.36. The van der Waals surface area contributed by atoms with Crippen molar-refractivity contribution in [2.75, 3.05) is 0 Å². The zero-order valence-corrected chi connectivity index (χ0v) is 15.9. The fourth-order valence-electron chi connectivity index (χ4n) is 3.55. The first-order valence-corrected chi connectivity index (χ1v) is 9.37. The molecule has 0 saturated carbocycles. The third-order valence-corrected chi connectivity index (χ3v) is 4.99.